The normalized spacial score (nSPS) is 9.31. The molecule has 0 fully saturated rings. The van der Waals surface area contributed by atoms with Crippen LogP contribution in [0.3, 0.4) is 0 Å². The van der Waals surface area contributed by atoms with E-state index in [2.05, 4.69) is 4.98 Å². The molecule has 1 aromatic heterocycles. The molecule has 13 heavy (non-hydrogen) atoms. The van der Waals surface area contributed by atoms with Crippen molar-refractivity contribution in [3.8, 4) is 6.07 Å². The lowest BCUT2D eigenvalue weighted by atomic mass is 10.3. The third kappa shape index (κ3) is 2.42. The fraction of sp³-hybridized carbons (Fsp3) is 0.333. The Morgan fingerprint density at radius 3 is 3.08 bits per heavy atom. The Bertz CT molecular complexity index is 316. The summed E-state index contributed by atoms with van der Waals surface area (Å²) >= 11 is 0. The topological polar surface area (TPSA) is 65.9 Å². The number of rotatable bonds is 3. The molecule has 1 heterocycles. The first-order chi connectivity index (χ1) is 6.27. The number of hydrogen-bond donors (Lipinski definition) is 1. The number of nitrogens with zero attached hydrogens (tertiary/aromatic N) is 3. The summed E-state index contributed by atoms with van der Waals surface area (Å²) in [5, 5.41) is 8.62. The van der Waals surface area contributed by atoms with Crippen LogP contribution in [0.2, 0.25) is 0 Å². The standard InChI is InChI=1S/C9H12N4/c1-13(5-3-10)9-2-4-12-8(6-9)7-11/h2,4,6H,3,5,10H2,1H3. The van der Waals surface area contributed by atoms with Crippen LogP contribution in [-0.2, 0) is 0 Å². The van der Waals surface area contributed by atoms with E-state index in [0.717, 1.165) is 12.2 Å². The molecular weight excluding hydrogens is 164 g/mol. The zero-order chi connectivity index (χ0) is 9.68. The monoisotopic (exact) mass is 176 g/mol. The number of likely N-dealkylation sites (N-methyl/N-ethyl adjacent to an activating group) is 1. The number of anilines is 1. The highest BCUT2D eigenvalue weighted by molar-refractivity contribution is 5.47. The second kappa shape index (κ2) is 4.43. The first-order valence-electron chi connectivity index (χ1n) is 4.05. The summed E-state index contributed by atoms with van der Waals surface area (Å²) in [6.45, 7) is 1.37. The van der Waals surface area contributed by atoms with Crippen molar-refractivity contribution < 1.29 is 0 Å². The van der Waals surface area contributed by atoms with E-state index in [1.807, 2.05) is 24.1 Å². The number of nitrogens with two attached hydrogens (primary N) is 1. The maximum atomic E-state index is 8.62. The fourth-order valence-electron chi connectivity index (χ4n) is 1.04. The number of aromatic nitrogens is 1. The van der Waals surface area contributed by atoms with Gasteiger partial charge in [0.15, 0.2) is 0 Å². The average molecular weight is 176 g/mol. The van der Waals surface area contributed by atoms with Crippen molar-refractivity contribution in [3.63, 3.8) is 0 Å². The molecule has 0 saturated carbocycles. The van der Waals surface area contributed by atoms with Gasteiger partial charge in [-0.2, -0.15) is 5.26 Å². The Morgan fingerprint density at radius 2 is 2.46 bits per heavy atom. The van der Waals surface area contributed by atoms with Crippen molar-refractivity contribution >= 4 is 5.69 Å². The minimum atomic E-state index is 0.432. The summed E-state index contributed by atoms with van der Waals surface area (Å²) in [5.74, 6) is 0. The molecule has 0 unspecified atom stereocenters. The van der Waals surface area contributed by atoms with Crippen molar-refractivity contribution in [2.75, 3.05) is 25.0 Å². The van der Waals surface area contributed by atoms with Gasteiger partial charge in [-0.15, -0.1) is 0 Å². The highest BCUT2D eigenvalue weighted by atomic mass is 15.1. The van der Waals surface area contributed by atoms with Crippen molar-refractivity contribution in [3.05, 3.63) is 24.0 Å². The summed E-state index contributed by atoms with van der Waals surface area (Å²) in [4.78, 5) is 5.87. The molecule has 68 valence electrons. The van der Waals surface area contributed by atoms with Crippen LogP contribution in [-0.4, -0.2) is 25.1 Å². The average Bonchev–Trinajstić information content (AvgIpc) is 2.18. The van der Waals surface area contributed by atoms with Crippen molar-refractivity contribution in [1.29, 1.82) is 5.26 Å². The predicted molar refractivity (Wildman–Crippen MR) is 51.3 cm³/mol. The van der Waals surface area contributed by atoms with Gasteiger partial charge in [-0.3, -0.25) is 0 Å². The molecule has 0 saturated heterocycles. The molecule has 0 aliphatic carbocycles. The van der Waals surface area contributed by atoms with Crippen LogP contribution < -0.4 is 10.6 Å². The minimum Gasteiger partial charge on any atom is -0.373 e. The van der Waals surface area contributed by atoms with E-state index in [9.17, 15) is 0 Å². The third-order valence-electron chi connectivity index (χ3n) is 1.76. The second-order valence-electron chi connectivity index (χ2n) is 2.72. The fourth-order valence-corrected chi connectivity index (χ4v) is 1.04. The molecule has 0 aliphatic heterocycles. The van der Waals surface area contributed by atoms with Crippen molar-refractivity contribution in [2.45, 2.75) is 0 Å². The second-order valence-corrected chi connectivity index (χ2v) is 2.72. The summed E-state index contributed by atoms with van der Waals surface area (Å²) in [5.41, 5.74) is 6.82. The van der Waals surface area contributed by atoms with Gasteiger partial charge in [0.2, 0.25) is 0 Å². The van der Waals surface area contributed by atoms with Crippen molar-refractivity contribution in [2.24, 2.45) is 5.73 Å². The molecular formula is C9H12N4. The number of hydrogen-bond acceptors (Lipinski definition) is 4. The van der Waals surface area contributed by atoms with E-state index in [-0.39, 0.29) is 0 Å². The van der Waals surface area contributed by atoms with Gasteiger partial charge in [-0.25, -0.2) is 4.98 Å². The van der Waals surface area contributed by atoms with E-state index in [1.165, 1.54) is 0 Å². The lowest BCUT2D eigenvalue weighted by Crippen LogP contribution is -2.24. The lowest BCUT2D eigenvalue weighted by molar-refractivity contribution is 0.884. The Balaban J connectivity index is 2.83. The van der Waals surface area contributed by atoms with Gasteiger partial charge in [-0.1, -0.05) is 0 Å². The van der Waals surface area contributed by atoms with Gasteiger partial charge in [0.25, 0.3) is 0 Å². The quantitative estimate of drug-likeness (QED) is 0.721. The Kier molecular flexibility index (Phi) is 3.23. The maximum absolute atomic E-state index is 8.62. The zero-order valence-electron chi connectivity index (χ0n) is 7.57. The van der Waals surface area contributed by atoms with Crippen LogP contribution in [0.5, 0.6) is 0 Å². The summed E-state index contributed by atoms with van der Waals surface area (Å²) < 4.78 is 0. The summed E-state index contributed by atoms with van der Waals surface area (Å²) in [6.07, 6.45) is 1.63. The van der Waals surface area contributed by atoms with E-state index in [1.54, 1.807) is 12.3 Å². The molecule has 4 heteroatoms. The van der Waals surface area contributed by atoms with Gasteiger partial charge >= 0.3 is 0 Å². The van der Waals surface area contributed by atoms with E-state index >= 15 is 0 Å². The van der Waals surface area contributed by atoms with Crippen LogP contribution in [0.25, 0.3) is 0 Å². The minimum absolute atomic E-state index is 0.432. The van der Waals surface area contributed by atoms with Crippen LogP contribution in [0.15, 0.2) is 18.3 Å². The molecule has 0 amide bonds. The van der Waals surface area contributed by atoms with Gasteiger partial charge in [0.1, 0.15) is 11.8 Å². The van der Waals surface area contributed by atoms with Gasteiger partial charge in [0, 0.05) is 32.0 Å². The largest absolute Gasteiger partial charge is 0.373 e. The molecule has 0 aromatic carbocycles. The van der Waals surface area contributed by atoms with Crippen molar-refractivity contribution in [1.82, 2.24) is 4.98 Å². The predicted octanol–water partition coefficient (Wildman–Crippen LogP) is 0.348. The van der Waals surface area contributed by atoms with E-state index < -0.39 is 0 Å². The summed E-state index contributed by atoms with van der Waals surface area (Å²) in [7, 11) is 1.93. The SMILES string of the molecule is CN(CCN)c1ccnc(C#N)c1. The van der Waals surface area contributed by atoms with Gasteiger partial charge in [0.05, 0.1) is 0 Å². The van der Waals surface area contributed by atoms with Gasteiger partial charge < -0.3 is 10.6 Å². The Labute approximate surface area is 77.6 Å². The first kappa shape index (κ1) is 9.49. The third-order valence-corrected chi connectivity index (χ3v) is 1.76. The van der Waals surface area contributed by atoms with E-state index in [4.69, 9.17) is 11.0 Å². The van der Waals surface area contributed by atoms with E-state index in [0.29, 0.717) is 12.2 Å². The number of pyridine rings is 1. The molecule has 1 aromatic rings. The molecule has 1 rings (SSSR count). The molecule has 0 radical (unpaired) electrons. The first-order valence-corrected chi connectivity index (χ1v) is 4.05. The Hall–Kier alpha value is -1.60. The molecule has 0 bridgehead atoms. The smallest absolute Gasteiger partial charge is 0.142 e. The maximum Gasteiger partial charge on any atom is 0.142 e. The highest BCUT2D eigenvalue weighted by Gasteiger charge is 2.00. The lowest BCUT2D eigenvalue weighted by Gasteiger charge is -2.17. The molecule has 0 atom stereocenters. The highest BCUT2D eigenvalue weighted by Crippen LogP contribution is 2.11. The van der Waals surface area contributed by atoms with Crippen LogP contribution in [0.4, 0.5) is 5.69 Å². The molecule has 0 aliphatic rings. The van der Waals surface area contributed by atoms with Crippen LogP contribution in [0.1, 0.15) is 5.69 Å². The molecule has 4 nitrogen and oxygen atoms in total. The van der Waals surface area contributed by atoms with Gasteiger partial charge in [-0.05, 0) is 12.1 Å². The molecule has 2 N–H and O–H groups in total. The number of nitriles is 1. The summed E-state index contributed by atoms with van der Waals surface area (Å²) in [6, 6.07) is 5.60. The zero-order valence-corrected chi connectivity index (χ0v) is 7.57. The Morgan fingerprint density at radius 1 is 1.69 bits per heavy atom. The molecule has 0 spiro atoms. The van der Waals surface area contributed by atoms with Crippen LogP contribution >= 0.6 is 0 Å². The van der Waals surface area contributed by atoms with Crippen LogP contribution in [0, 0.1) is 11.3 Å².